The molecule has 2 atom stereocenters. The summed E-state index contributed by atoms with van der Waals surface area (Å²) in [7, 11) is 0. The van der Waals surface area contributed by atoms with Gasteiger partial charge in [-0.15, -0.1) is 11.8 Å². The monoisotopic (exact) mass is 329 g/mol. The maximum atomic E-state index is 11.5. The summed E-state index contributed by atoms with van der Waals surface area (Å²) in [5, 5.41) is 12.0. The van der Waals surface area contributed by atoms with Crippen LogP contribution in [0.1, 0.15) is 24.2 Å². The summed E-state index contributed by atoms with van der Waals surface area (Å²) in [5.74, 6) is -1.10. The summed E-state index contributed by atoms with van der Waals surface area (Å²) in [5.41, 5.74) is 0.925. The number of fused-ring (bicyclic) bond motifs is 1. The molecule has 0 fully saturated rings. The minimum atomic E-state index is -0.595. The Bertz CT molecular complexity index is 530. The van der Waals surface area contributed by atoms with Crippen molar-refractivity contribution in [1.29, 1.82) is 0 Å². The fraction of sp³-hybridized carbons (Fsp3) is 0.333. The molecule has 1 amide bonds. The molecule has 1 aliphatic heterocycles. The zero-order valence-corrected chi connectivity index (χ0v) is 12.3. The van der Waals surface area contributed by atoms with Gasteiger partial charge in [-0.3, -0.25) is 9.59 Å². The summed E-state index contributed by atoms with van der Waals surface area (Å²) >= 11 is 4.87. The normalized spacial score (nSPS) is 17.3. The molecule has 1 heterocycles. The molecule has 0 aliphatic carbocycles. The third kappa shape index (κ3) is 2.46. The van der Waals surface area contributed by atoms with Crippen LogP contribution in [0.15, 0.2) is 21.5 Å². The molecule has 0 saturated carbocycles. The number of amides is 1. The Kier molecular flexibility index (Phi) is 3.79. The lowest BCUT2D eigenvalue weighted by molar-refractivity contribution is -0.112. The molecule has 0 spiro atoms. The van der Waals surface area contributed by atoms with E-state index in [0.29, 0.717) is 11.3 Å². The Morgan fingerprint density at radius 1 is 1.33 bits per heavy atom. The van der Waals surface area contributed by atoms with E-state index in [9.17, 15) is 14.7 Å². The van der Waals surface area contributed by atoms with Crippen LogP contribution in [0, 0.1) is 0 Å². The molecule has 96 valence electrons. The van der Waals surface area contributed by atoms with E-state index < -0.39 is 17.8 Å². The Morgan fingerprint density at radius 3 is 2.61 bits per heavy atom. The van der Waals surface area contributed by atoms with Gasteiger partial charge in [0.2, 0.25) is 0 Å². The van der Waals surface area contributed by atoms with Gasteiger partial charge in [0.05, 0.1) is 17.4 Å². The van der Waals surface area contributed by atoms with Gasteiger partial charge in [0.1, 0.15) is 0 Å². The van der Waals surface area contributed by atoms with Crippen molar-refractivity contribution in [1.82, 2.24) is 0 Å². The van der Waals surface area contributed by atoms with E-state index >= 15 is 0 Å². The molecule has 1 aliphatic rings. The Labute approximate surface area is 117 Å². The van der Waals surface area contributed by atoms with Gasteiger partial charge in [0, 0.05) is 14.6 Å². The van der Waals surface area contributed by atoms with Crippen LogP contribution in [0.25, 0.3) is 0 Å². The number of benzene rings is 1. The van der Waals surface area contributed by atoms with E-state index in [4.69, 9.17) is 0 Å². The fourth-order valence-corrected chi connectivity index (χ4v) is 3.11. The highest BCUT2D eigenvalue weighted by Gasteiger charge is 2.29. The average molecular weight is 330 g/mol. The lowest BCUT2D eigenvalue weighted by Crippen LogP contribution is -2.14. The first-order chi connectivity index (χ1) is 8.40. The van der Waals surface area contributed by atoms with Crippen molar-refractivity contribution in [2.24, 2.45) is 0 Å². The largest absolute Gasteiger partial charge is 0.392 e. The summed E-state index contributed by atoms with van der Waals surface area (Å²) in [6.07, 6.45) is -0.439. The Balaban J connectivity index is 2.33. The number of carbonyl (C=O) groups excluding carboxylic acids is 2. The number of ketones is 1. The fourth-order valence-electron chi connectivity index (χ4n) is 1.54. The zero-order valence-electron chi connectivity index (χ0n) is 9.86. The number of carbonyl (C=O) groups is 2. The van der Waals surface area contributed by atoms with E-state index in [1.165, 1.54) is 11.8 Å². The summed E-state index contributed by atoms with van der Waals surface area (Å²) in [6, 6.07) is 3.40. The van der Waals surface area contributed by atoms with Gasteiger partial charge in [-0.2, -0.15) is 0 Å². The molecule has 1 aromatic carbocycles. The Hall–Kier alpha value is -0.850. The van der Waals surface area contributed by atoms with E-state index in [1.54, 1.807) is 19.1 Å². The van der Waals surface area contributed by atoms with Gasteiger partial charge < -0.3 is 10.4 Å². The lowest BCUT2D eigenvalue weighted by atomic mass is 10.1. The van der Waals surface area contributed by atoms with Crippen LogP contribution in [0.5, 0.6) is 0 Å². The van der Waals surface area contributed by atoms with Crippen LogP contribution < -0.4 is 5.32 Å². The molecule has 0 saturated heterocycles. The molecule has 6 heteroatoms. The van der Waals surface area contributed by atoms with E-state index in [1.807, 2.05) is 6.92 Å². The lowest BCUT2D eigenvalue weighted by Gasteiger charge is -2.15. The molecule has 0 aromatic heterocycles. The molecule has 18 heavy (non-hydrogen) atoms. The molecule has 4 nitrogen and oxygen atoms in total. The van der Waals surface area contributed by atoms with Crippen molar-refractivity contribution in [2.45, 2.75) is 30.1 Å². The molecule has 2 unspecified atom stereocenters. The summed E-state index contributed by atoms with van der Waals surface area (Å²) in [6.45, 7) is 3.64. The minimum absolute atomic E-state index is 0.0205. The van der Waals surface area contributed by atoms with Crippen molar-refractivity contribution in [3.63, 3.8) is 0 Å². The smallest absolute Gasteiger partial charge is 0.296 e. The van der Waals surface area contributed by atoms with Gasteiger partial charge in [0.25, 0.3) is 11.7 Å². The van der Waals surface area contributed by atoms with Crippen molar-refractivity contribution in [2.75, 3.05) is 5.32 Å². The van der Waals surface area contributed by atoms with Crippen LogP contribution >= 0.6 is 27.7 Å². The number of nitrogens with one attached hydrogen (secondary N) is 1. The van der Waals surface area contributed by atoms with Gasteiger partial charge >= 0.3 is 0 Å². The predicted octanol–water partition coefficient (Wildman–Crippen LogP) is 2.45. The van der Waals surface area contributed by atoms with Crippen LogP contribution in [0.4, 0.5) is 5.69 Å². The molecule has 0 radical (unpaired) electrons. The van der Waals surface area contributed by atoms with Gasteiger partial charge in [-0.1, -0.05) is 6.92 Å². The highest BCUT2D eigenvalue weighted by Crippen LogP contribution is 2.37. The third-order valence-electron chi connectivity index (χ3n) is 2.76. The predicted molar refractivity (Wildman–Crippen MR) is 74.1 cm³/mol. The van der Waals surface area contributed by atoms with Crippen molar-refractivity contribution < 1.29 is 14.7 Å². The number of aliphatic hydroxyl groups is 1. The number of rotatable bonds is 3. The van der Waals surface area contributed by atoms with E-state index in [0.717, 1.165) is 9.37 Å². The van der Waals surface area contributed by atoms with Gasteiger partial charge in [-0.25, -0.2) is 0 Å². The molecule has 1 aromatic rings. The van der Waals surface area contributed by atoms with E-state index in [-0.39, 0.29) is 5.25 Å². The SMILES string of the molecule is CC(O)C(C)Sc1cc2c(cc1Br)C(=O)C(=O)N2. The first kappa shape index (κ1) is 13.6. The maximum absolute atomic E-state index is 11.5. The second-order valence-corrected chi connectivity index (χ2v) is 6.45. The number of hydrogen-bond donors (Lipinski definition) is 2. The van der Waals surface area contributed by atoms with Crippen molar-refractivity contribution >= 4 is 45.1 Å². The van der Waals surface area contributed by atoms with Gasteiger partial charge in [-0.05, 0) is 35.0 Å². The van der Waals surface area contributed by atoms with Crippen LogP contribution in [-0.2, 0) is 4.79 Å². The molecule has 2 N–H and O–H groups in total. The summed E-state index contributed by atoms with van der Waals surface area (Å²) in [4.78, 5) is 23.7. The van der Waals surface area contributed by atoms with Crippen LogP contribution in [0.3, 0.4) is 0 Å². The first-order valence-corrected chi connectivity index (χ1v) is 7.11. The second kappa shape index (κ2) is 5.03. The topological polar surface area (TPSA) is 66.4 Å². The highest BCUT2D eigenvalue weighted by molar-refractivity contribution is 9.10. The number of halogens is 1. The first-order valence-electron chi connectivity index (χ1n) is 5.44. The standard InChI is InChI=1S/C12H12BrNO3S/c1-5(15)6(2)18-10-4-9-7(3-8(10)13)11(16)12(17)14-9/h3-6,15H,1-2H3,(H,14,16,17). The van der Waals surface area contributed by atoms with Crippen LogP contribution in [0.2, 0.25) is 0 Å². The number of hydrogen-bond acceptors (Lipinski definition) is 4. The quantitative estimate of drug-likeness (QED) is 0.660. The maximum Gasteiger partial charge on any atom is 0.296 e. The van der Waals surface area contributed by atoms with Crippen LogP contribution in [-0.4, -0.2) is 28.2 Å². The highest BCUT2D eigenvalue weighted by atomic mass is 79.9. The molecule has 2 rings (SSSR count). The molecular formula is C12H12BrNO3S. The summed E-state index contributed by atoms with van der Waals surface area (Å²) < 4.78 is 0.753. The number of anilines is 1. The number of Topliss-reactive ketones (excluding diaryl/α,β-unsaturated/α-hetero) is 1. The van der Waals surface area contributed by atoms with E-state index in [2.05, 4.69) is 21.2 Å². The number of aliphatic hydroxyl groups excluding tert-OH is 1. The number of thioether (sulfide) groups is 1. The van der Waals surface area contributed by atoms with Crippen molar-refractivity contribution in [3.8, 4) is 0 Å². The molecule has 0 bridgehead atoms. The average Bonchev–Trinajstić information content (AvgIpc) is 2.56. The zero-order chi connectivity index (χ0) is 13.4. The Morgan fingerprint density at radius 2 is 2.00 bits per heavy atom. The third-order valence-corrected chi connectivity index (χ3v) is 5.04. The van der Waals surface area contributed by atoms with Gasteiger partial charge in [0.15, 0.2) is 0 Å². The molecular weight excluding hydrogens is 318 g/mol. The minimum Gasteiger partial charge on any atom is -0.392 e. The second-order valence-electron chi connectivity index (χ2n) is 4.18. The van der Waals surface area contributed by atoms with Crippen molar-refractivity contribution in [3.05, 3.63) is 22.2 Å².